The molecule has 0 aliphatic heterocycles. The molecule has 0 saturated carbocycles. The predicted molar refractivity (Wildman–Crippen MR) is 52.9 cm³/mol. The van der Waals surface area contributed by atoms with Crippen LogP contribution in [0.3, 0.4) is 0 Å². The van der Waals surface area contributed by atoms with Crippen LogP contribution in [0.4, 0.5) is 5.69 Å². The Morgan fingerprint density at radius 3 is 2.07 bits per heavy atom. The van der Waals surface area contributed by atoms with Gasteiger partial charge in [0, 0.05) is 17.3 Å². The number of hydrogen-bond acceptors (Lipinski definition) is 6. The third kappa shape index (κ3) is 7.52. The number of nitrogens with zero attached hydrogens (tertiary/aromatic N) is 1. The van der Waals surface area contributed by atoms with Crippen molar-refractivity contribution in [2.24, 2.45) is 5.14 Å². The topological polar surface area (TPSA) is 165 Å². The number of nitro benzene ring substituents is 1. The highest BCUT2D eigenvalue weighted by Crippen LogP contribution is 2.23. The Kier molecular flexibility index (Phi) is 8.29. The van der Waals surface area contributed by atoms with Crippen LogP contribution in [0.25, 0.3) is 0 Å². The molecular formula is C6H10N3O5S-. The third-order valence-corrected chi connectivity index (χ3v) is 1.08. The molecule has 0 aromatic heterocycles. The first-order chi connectivity index (χ1) is 6.45. The fourth-order valence-corrected chi connectivity index (χ4v) is 0.619. The van der Waals surface area contributed by atoms with E-state index in [4.69, 9.17) is 13.9 Å². The van der Waals surface area contributed by atoms with Gasteiger partial charge >= 0.3 is 5.69 Å². The van der Waals surface area contributed by atoms with Gasteiger partial charge in [-0.2, -0.15) is 0 Å². The molecule has 0 fully saturated rings. The number of benzene rings is 1. The molecular weight excluding hydrogens is 226 g/mol. The highest BCUT2D eigenvalue weighted by Gasteiger charge is 2.09. The number of phenols is 1. The Hall–Kier alpha value is -1.55. The van der Waals surface area contributed by atoms with Gasteiger partial charge in [0.25, 0.3) is 0 Å². The van der Waals surface area contributed by atoms with Crippen LogP contribution >= 0.6 is 0 Å². The van der Waals surface area contributed by atoms with Crippen molar-refractivity contribution in [3.05, 3.63) is 34.4 Å². The first kappa shape index (κ1) is 15.9. The summed E-state index contributed by atoms with van der Waals surface area (Å²) >= 11 is -2.36. The number of rotatable bonds is 1. The van der Waals surface area contributed by atoms with E-state index in [1.54, 1.807) is 0 Å². The average molecular weight is 236 g/mol. The van der Waals surface area contributed by atoms with Crippen molar-refractivity contribution in [1.29, 1.82) is 0 Å². The van der Waals surface area contributed by atoms with E-state index in [1.807, 2.05) is 0 Å². The van der Waals surface area contributed by atoms with Crippen molar-refractivity contribution in [3.8, 4) is 5.75 Å². The zero-order valence-corrected chi connectivity index (χ0v) is 8.35. The summed E-state index contributed by atoms with van der Waals surface area (Å²) in [7, 11) is 0. The maximum absolute atomic E-state index is 10.1. The maximum atomic E-state index is 10.1. The van der Waals surface area contributed by atoms with E-state index in [2.05, 4.69) is 5.14 Å². The highest BCUT2D eigenvalue weighted by molar-refractivity contribution is 7.76. The number of aromatic hydroxyl groups is 1. The van der Waals surface area contributed by atoms with Crippen molar-refractivity contribution in [1.82, 2.24) is 6.15 Å². The molecule has 8 nitrogen and oxygen atoms in total. The van der Waals surface area contributed by atoms with E-state index >= 15 is 0 Å². The van der Waals surface area contributed by atoms with Gasteiger partial charge in [-0.05, 0) is 6.07 Å². The molecule has 1 atom stereocenters. The molecule has 0 aliphatic rings. The van der Waals surface area contributed by atoms with Gasteiger partial charge in [-0.25, -0.2) is 0 Å². The van der Waals surface area contributed by atoms with Gasteiger partial charge < -0.3 is 15.8 Å². The minimum absolute atomic E-state index is 0. The van der Waals surface area contributed by atoms with Gasteiger partial charge in [-0.3, -0.25) is 19.5 Å². The Bertz CT molecular complexity index is 341. The van der Waals surface area contributed by atoms with E-state index in [0.717, 1.165) is 0 Å². The fourth-order valence-electron chi connectivity index (χ4n) is 0.619. The minimum Gasteiger partial charge on any atom is -0.760 e. The van der Waals surface area contributed by atoms with Crippen molar-refractivity contribution in [2.45, 2.75) is 0 Å². The first-order valence-electron chi connectivity index (χ1n) is 3.21. The van der Waals surface area contributed by atoms with Crippen molar-refractivity contribution >= 4 is 17.0 Å². The molecule has 1 aromatic rings. The predicted octanol–water partition coefficient (Wildman–Crippen LogP) is 0.202. The minimum atomic E-state index is -2.36. The molecule has 0 amide bonds. The molecule has 15 heavy (non-hydrogen) atoms. The summed E-state index contributed by atoms with van der Waals surface area (Å²) in [6, 6.07) is 5.55. The smallest absolute Gasteiger partial charge is 0.310 e. The van der Waals surface area contributed by atoms with E-state index in [9.17, 15) is 10.1 Å². The van der Waals surface area contributed by atoms with Crippen LogP contribution in [0.1, 0.15) is 0 Å². The van der Waals surface area contributed by atoms with Crippen LogP contribution < -0.4 is 11.3 Å². The normalized spacial score (nSPS) is 10.3. The monoisotopic (exact) mass is 236 g/mol. The summed E-state index contributed by atoms with van der Waals surface area (Å²) in [6.07, 6.45) is 0. The van der Waals surface area contributed by atoms with Gasteiger partial charge in [0.15, 0.2) is 5.75 Å². The number of phenolic OH excluding ortho intramolecular Hbond substituents is 1. The lowest BCUT2D eigenvalue weighted by molar-refractivity contribution is -0.385. The van der Waals surface area contributed by atoms with E-state index < -0.39 is 16.2 Å². The van der Waals surface area contributed by atoms with Crippen LogP contribution in [0.5, 0.6) is 5.75 Å². The van der Waals surface area contributed by atoms with Crippen LogP contribution in [-0.4, -0.2) is 18.8 Å². The number of hydrogen-bond donors (Lipinski definition) is 3. The molecule has 0 bridgehead atoms. The van der Waals surface area contributed by atoms with Gasteiger partial charge in [0.2, 0.25) is 0 Å². The quantitative estimate of drug-likeness (QED) is 0.358. The average Bonchev–Trinajstić information content (AvgIpc) is 2.03. The van der Waals surface area contributed by atoms with Gasteiger partial charge in [-0.1, -0.05) is 12.1 Å². The van der Waals surface area contributed by atoms with E-state index in [1.165, 1.54) is 24.3 Å². The zero-order valence-electron chi connectivity index (χ0n) is 7.53. The molecule has 1 rings (SSSR count). The molecule has 0 spiro atoms. The van der Waals surface area contributed by atoms with E-state index in [0.29, 0.717) is 0 Å². The third-order valence-electron chi connectivity index (χ3n) is 1.08. The summed E-state index contributed by atoms with van der Waals surface area (Å²) in [5.41, 5.74) is -0.262. The molecule has 86 valence electrons. The summed E-state index contributed by atoms with van der Waals surface area (Å²) in [5, 5.41) is 22.9. The first-order valence-corrected chi connectivity index (χ1v) is 4.35. The Morgan fingerprint density at radius 1 is 1.40 bits per heavy atom. The number of nitro groups is 1. The second-order valence-corrected chi connectivity index (χ2v) is 2.53. The van der Waals surface area contributed by atoms with Crippen LogP contribution in [0.15, 0.2) is 24.3 Å². The SMILES string of the molecule is N.NS(=O)[O-].O=[N+]([O-])c1ccccc1O. The molecule has 6 N–H and O–H groups in total. The molecule has 1 unspecified atom stereocenters. The summed E-state index contributed by atoms with van der Waals surface area (Å²) < 4.78 is 17.6. The van der Waals surface area contributed by atoms with Gasteiger partial charge in [0.05, 0.1) is 4.92 Å². The number of para-hydroxylation sites is 2. The fraction of sp³-hybridized carbons (Fsp3) is 0. The van der Waals surface area contributed by atoms with Crippen molar-refractivity contribution < 1.29 is 18.8 Å². The van der Waals surface area contributed by atoms with Crippen LogP contribution in [0, 0.1) is 10.1 Å². The molecule has 9 heteroatoms. The molecule has 1 aromatic carbocycles. The summed E-state index contributed by atoms with van der Waals surface area (Å²) in [5.74, 6) is -0.299. The van der Waals surface area contributed by atoms with Crippen LogP contribution in [-0.2, 0) is 11.3 Å². The second-order valence-electron chi connectivity index (χ2n) is 2.01. The van der Waals surface area contributed by atoms with Crippen molar-refractivity contribution in [3.63, 3.8) is 0 Å². The molecule has 0 aliphatic carbocycles. The zero-order chi connectivity index (χ0) is 11.1. The Labute approximate surface area is 87.9 Å². The van der Waals surface area contributed by atoms with Crippen LogP contribution in [0.2, 0.25) is 0 Å². The number of nitrogens with two attached hydrogens (primary N) is 1. The largest absolute Gasteiger partial charge is 0.760 e. The Morgan fingerprint density at radius 2 is 1.80 bits per heavy atom. The lowest BCUT2D eigenvalue weighted by Gasteiger charge is -1.91. The Balaban J connectivity index is 0. The van der Waals surface area contributed by atoms with Gasteiger partial charge in [0.1, 0.15) is 0 Å². The van der Waals surface area contributed by atoms with Gasteiger partial charge in [-0.15, -0.1) is 0 Å². The van der Waals surface area contributed by atoms with E-state index in [-0.39, 0.29) is 17.6 Å². The maximum Gasteiger partial charge on any atom is 0.310 e. The summed E-state index contributed by atoms with van der Waals surface area (Å²) in [6.45, 7) is 0. The second kappa shape index (κ2) is 7.82. The molecule has 0 heterocycles. The highest BCUT2D eigenvalue weighted by atomic mass is 32.2. The molecule has 0 radical (unpaired) electrons. The lowest BCUT2D eigenvalue weighted by atomic mass is 10.3. The van der Waals surface area contributed by atoms with Crippen molar-refractivity contribution in [2.75, 3.05) is 0 Å². The molecule has 0 saturated heterocycles. The summed E-state index contributed by atoms with van der Waals surface area (Å²) in [4.78, 5) is 9.44. The lowest BCUT2D eigenvalue weighted by Crippen LogP contribution is -1.97. The standard InChI is InChI=1S/C6H5NO3.H3NO2S.H3N/c8-6-4-2-1-3-5(6)7(9)10;1-4(2)3;/h1-4,8H;1H2,(H,2,3);1H3/p-1.